The van der Waals surface area contributed by atoms with Gasteiger partial charge >= 0.3 is 0 Å². The molecule has 17 heavy (non-hydrogen) atoms. The second kappa shape index (κ2) is 5.00. The Morgan fingerprint density at radius 3 is 2.47 bits per heavy atom. The van der Waals surface area contributed by atoms with Crippen molar-refractivity contribution >= 4 is 22.9 Å². The van der Waals surface area contributed by atoms with Crippen LogP contribution in [0, 0.1) is 13.8 Å². The third-order valence-electron chi connectivity index (χ3n) is 2.24. The minimum atomic E-state index is 0.375. The van der Waals surface area contributed by atoms with E-state index in [0.29, 0.717) is 17.5 Å². The first-order valence-corrected chi connectivity index (χ1v) is 6.26. The van der Waals surface area contributed by atoms with Crippen LogP contribution >= 0.6 is 22.9 Å². The van der Waals surface area contributed by atoms with Crippen LogP contribution in [0.2, 0.25) is 5.02 Å². The van der Waals surface area contributed by atoms with E-state index in [0.717, 1.165) is 21.2 Å². The molecule has 0 unspecified atom stereocenters. The number of aryl methyl sites for hydroxylation is 2. The van der Waals surface area contributed by atoms with E-state index in [2.05, 4.69) is 10.2 Å². The summed E-state index contributed by atoms with van der Waals surface area (Å²) in [5.74, 6) is 0.712. The van der Waals surface area contributed by atoms with Crippen molar-refractivity contribution in [2.75, 3.05) is 0 Å². The lowest BCUT2D eigenvalue weighted by atomic mass is 10.1. The van der Waals surface area contributed by atoms with E-state index in [1.54, 1.807) is 0 Å². The largest absolute Gasteiger partial charge is 0.430 e. The maximum atomic E-state index is 6.08. The van der Waals surface area contributed by atoms with Crippen molar-refractivity contribution in [2.24, 2.45) is 5.73 Å². The van der Waals surface area contributed by atoms with Gasteiger partial charge in [-0.3, -0.25) is 0 Å². The van der Waals surface area contributed by atoms with Crippen LogP contribution in [0.5, 0.6) is 10.9 Å². The van der Waals surface area contributed by atoms with Crippen molar-refractivity contribution in [3.8, 4) is 10.9 Å². The van der Waals surface area contributed by atoms with Gasteiger partial charge in [0, 0.05) is 11.6 Å². The first-order valence-electron chi connectivity index (χ1n) is 5.07. The van der Waals surface area contributed by atoms with Crippen LogP contribution in [0.3, 0.4) is 0 Å². The molecule has 0 saturated carbocycles. The molecule has 0 aliphatic carbocycles. The van der Waals surface area contributed by atoms with Gasteiger partial charge in [-0.05, 0) is 37.1 Å². The highest BCUT2D eigenvalue weighted by atomic mass is 35.5. The number of halogens is 1. The maximum absolute atomic E-state index is 6.08. The lowest BCUT2D eigenvalue weighted by molar-refractivity contribution is 0.472. The number of hydrogen-bond donors (Lipinski definition) is 1. The topological polar surface area (TPSA) is 61.0 Å². The van der Waals surface area contributed by atoms with Crippen LogP contribution in [0.15, 0.2) is 12.1 Å². The number of hydrogen-bond acceptors (Lipinski definition) is 5. The predicted molar refractivity (Wildman–Crippen MR) is 68.8 cm³/mol. The Balaban J connectivity index is 2.24. The molecule has 0 atom stereocenters. The Labute approximate surface area is 108 Å². The second-order valence-electron chi connectivity index (χ2n) is 3.64. The maximum Gasteiger partial charge on any atom is 0.299 e. The fourth-order valence-electron chi connectivity index (χ4n) is 1.43. The molecule has 1 aromatic carbocycles. The van der Waals surface area contributed by atoms with Gasteiger partial charge in [0.05, 0.1) is 0 Å². The third-order valence-corrected chi connectivity index (χ3v) is 3.66. The summed E-state index contributed by atoms with van der Waals surface area (Å²) < 4.78 is 5.61. The van der Waals surface area contributed by atoms with Crippen LogP contribution in [-0.2, 0) is 6.54 Å². The molecule has 6 heteroatoms. The van der Waals surface area contributed by atoms with Crippen LogP contribution < -0.4 is 10.5 Å². The summed E-state index contributed by atoms with van der Waals surface area (Å²) in [5, 5.41) is 9.79. The summed E-state index contributed by atoms with van der Waals surface area (Å²) in [6.07, 6.45) is 0. The number of ether oxygens (including phenoxy) is 1. The zero-order valence-electron chi connectivity index (χ0n) is 9.53. The van der Waals surface area contributed by atoms with E-state index in [9.17, 15) is 0 Å². The van der Waals surface area contributed by atoms with E-state index in [1.807, 2.05) is 26.0 Å². The molecule has 0 fully saturated rings. The van der Waals surface area contributed by atoms with E-state index in [-0.39, 0.29) is 0 Å². The van der Waals surface area contributed by atoms with Crippen molar-refractivity contribution in [1.82, 2.24) is 10.2 Å². The molecule has 2 rings (SSSR count). The van der Waals surface area contributed by atoms with E-state index in [4.69, 9.17) is 22.1 Å². The zero-order chi connectivity index (χ0) is 12.4. The molecule has 0 bridgehead atoms. The average molecular weight is 270 g/mol. The zero-order valence-corrected chi connectivity index (χ0v) is 11.1. The van der Waals surface area contributed by atoms with Crippen molar-refractivity contribution in [1.29, 1.82) is 0 Å². The summed E-state index contributed by atoms with van der Waals surface area (Å²) in [4.78, 5) is 0. The lowest BCUT2D eigenvalue weighted by Crippen LogP contribution is -1.94. The Bertz CT molecular complexity index is 518. The molecular weight excluding hydrogens is 258 g/mol. The fourth-order valence-corrected chi connectivity index (χ4v) is 2.12. The van der Waals surface area contributed by atoms with Crippen LogP contribution in [0.25, 0.3) is 0 Å². The second-order valence-corrected chi connectivity index (χ2v) is 5.04. The fraction of sp³-hybridized carbons (Fsp3) is 0.273. The van der Waals surface area contributed by atoms with Gasteiger partial charge in [0.1, 0.15) is 10.8 Å². The summed E-state index contributed by atoms with van der Waals surface area (Å²) in [6.45, 7) is 4.25. The van der Waals surface area contributed by atoms with Gasteiger partial charge in [-0.15, -0.1) is 5.10 Å². The standard InChI is InChI=1S/C11H12ClN3OS/c1-6-3-8(4-7(2)10(6)12)16-11-15-14-9(5-13)17-11/h3-4H,5,13H2,1-2H3. The summed E-state index contributed by atoms with van der Waals surface area (Å²) in [6, 6.07) is 3.75. The van der Waals surface area contributed by atoms with Gasteiger partial charge in [0.15, 0.2) is 0 Å². The van der Waals surface area contributed by atoms with Gasteiger partial charge in [0.2, 0.25) is 0 Å². The van der Waals surface area contributed by atoms with Gasteiger partial charge in [-0.25, -0.2) is 0 Å². The molecule has 0 radical (unpaired) electrons. The number of aromatic nitrogens is 2. The number of benzene rings is 1. The highest BCUT2D eigenvalue weighted by Gasteiger charge is 2.08. The Morgan fingerprint density at radius 1 is 1.29 bits per heavy atom. The molecule has 0 amide bonds. The number of rotatable bonds is 3. The van der Waals surface area contributed by atoms with E-state index in [1.165, 1.54) is 11.3 Å². The van der Waals surface area contributed by atoms with Crippen LogP contribution in [-0.4, -0.2) is 10.2 Å². The van der Waals surface area contributed by atoms with E-state index >= 15 is 0 Å². The quantitative estimate of drug-likeness (QED) is 0.930. The number of nitrogens with two attached hydrogens (primary N) is 1. The molecule has 90 valence electrons. The van der Waals surface area contributed by atoms with Crippen molar-refractivity contribution in [3.63, 3.8) is 0 Å². The predicted octanol–water partition coefficient (Wildman–Crippen LogP) is 3.06. The Hall–Kier alpha value is -1.17. The molecule has 1 aromatic heterocycles. The SMILES string of the molecule is Cc1cc(Oc2nnc(CN)s2)cc(C)c1Cl. The summed E-state index contributed by atoms with van der Waals surface area (Å²) >= 11 is 7.42. The first kappa shape index (κ1) is 12.3. The monoisotopic (exact) mass is 269 g/mol. The molecule has 1 heterocycles. The van der Waals surface area contributed by atoms with Crippen molar-refractivity contribution in [3.05, 3.63) is 33.3 Å². The number of nitrogens with zero attached hydrogens (tertiary/aromatic N) is 2. The molecule has 0 spiro atoms. The Morgan fingerprint density at radius 2 is 1.94 bits per heavy atom. The van der Waals surface area contributed by atoms with Gasteiger partial charge in [0.25, 0.3) is 5.19 Å². The molecule has 2 aromatic rings. The van der Waals surface area contributed by atoms with Crippen LogP contribution in [0.1, 0.15) is 16.1 Å². The minimum absolute atomic E-state index is 0.375. The molecule has 0 aliphatic rings. The molecule has 4 nitrogen and oxygen atoms in total. The van der Waals surface area contributed by atoms with Gasteiger partial charge in [-0.2, -0.15) is 0 Å². The minimum Gasteiger partial charge on any atom is -0.430 e. The molecule has 0 saturated heterocycles. The highest BCUT2D eigenvalue weighted by molar-refractivity contribution is 7.13. The molecular formula is C11H12ClN3OS. The first-order chi connectivity index (χ1) is 8.10. The molecule has 0 aliphatic heterocycles. The van der Waals surface area contributed by atoms with Gasteiger partial charge in [-0.1, -0.05) is 28.0 Å². The average Bonchev–Trinajstić information content (AvgIpc) is 2.73. The summed E-state index contributed by atoms with van der Waals surface area (Å²) in [5.41, 5.74) is 7.41. The van der Waals surface area contributed by atoms with Crippen molar-refractivity contribution < 1.29 is 4.74 Å². The summed E-state index contributed by atoms with van der Waals surface area (Å²) in [7, 11) is 0. The van der Waals surface area contributed by atoms with E-state index < -0.39 is 0 Å². The normalized spacial score (nSPS) is 10.6. The molecule has 2 N–H and O–H groups in total. The van der Waals surface area contributed by atoms with Gasteiger partial charge < -0.3 is 10.5 Å². The smallest absolute Gasteiger partial charge is 0.299 e. The van der Waals surface area contributed by atoms with Crippen molar-refractivity contribution in [2.45, 2.75) is 20.4 Å². The Kier molecular flexibility index (Phi) is 3.61. The van der Waals surface area contributed by atoms with Crippen LogP contribution in [0.4, 0.5) is 0 Å². The third kappa shape index (κ3) is 2.74. The lowest BCUT2D eigenvalue weighted by Gasteiger charge is -2.06. The highest BCUT2D eigenvalue weighted by Crippen LogP contribution is 2.30.